The first-order valence-electron chi connectivity index (χ1n) is 12.1. The Morgan fingerprint density at radius 3 is 2.15 bits per heavy atom. The molecule has 1 aliphatic heterocycles. The molecule has 0 atom stereocenters. The van der Waals surface area contributed by atoms with Crippen molar-refractivity contribution >= 4 is 23.3 Å². The third-order valence-corrected chi connectivity index (χ3v) is 6.53. The van der Waals surface area contributed by atoms with Gasteiger partial charge in [0.1, 0.15) is 6.10 Å². The summed E-state index contributed by atoms with van der Waals surface area (Å²) in [4.78, 5) is 14.5. The molecular formula is C29H32ClNO3. The van der Waals surface area contributed by atoms with E-state index in [1.807, 2.05) is 18.2 Å². The zero-order chi connectivity index (χ0) is 23.8. The van der Waals surface area contributed by atoms with E-state index in [2.05, 4.69) is 60.4 Å². The van der Waals surface area contributed by atoms with Crippen molar-refractivity contribution < 1.29 is 14.3 Å². The predicted octanol–water partition coefficient (Wildman–Crippen LogP) is 7.07. The number of piperidine rings is 1. The van der Waals surface area contributed by atoms with Gasteiger partial charge < -0.3 is 14.4 Å². The lowest BCUT2D eigenvalue weighted by atomic mass is 10.00. The monoisotopic (exact) mass is 477 g/mol. The summed E-state index contributed by atoms with van der Waals surface area (Å²) in [6.07, 6.45) is 3.75. The molecular weight excluding hydrogens is 446 g/mol. The lowest BCUT2D eigenvalue weighted by Crippen LogP contribution is -2.37. The summed E-state index contributed by atoms with van der Waals surface area (Å²) in [5.41, 5.74) is 3.78. The molecule has 0 saturated carbocycles. The molecule has 0 amide bonds. The molecule has 34 heavy (non-hydrogen) atoms. The standard InChI is InChI=1S/C29H32ClNO3/c1-2-3-20-33-29(32)24-14-15-27(26(30)21-24)31-18-16-25(17-19-31)34-28(22-10-6-4-7-11-22)23-12-8-5-9-13-23/h4-15,21,25,28H,2-3,16-20H2,1H3. The minimum atomic E-state index is -0.318. The molecule has 3 aromatic rings. The number of ether oxygens (including phenoxy) is 2. The SMILES string of the molecule is CCCCOC(=O)c1ccc(N2CCC(OC(c3ccccc3)c3ccccc3)CC2)c(Cl)c1. The van der Waals surface area contributed by atoms with E-state index in [1.165, 1.54) is 11.1 Å². The van der Waals surface area contributed by atoms with Gasteiger partial charge in [-0.05, 0) is 48.6 Å². The molecule has 4 rings (SSSR count). The molecule has 5 heteroatoms. The van der Waals surface area contributed by atoms with Gasteiger partial charge in [-0.15, -0.1) is 0 Å². The number of unbranched alkanes of at least 4 members (excludes halogenated alkanes) is 1. The number of halogens is 1. The van der Waals surface area contributed by atoms with Crippen molar-refractivity contribution in [2.45, 2.75) is 44.8 Å². The van der Waals surface area contributed by atoms with Crippen molar-refractivity contribution in [3.8, 4) is 0 Å². The minimum absolute atomic E-state index is 0.0828. The van der Waals surface area contributed by atoms with Crippen molar-refractivity contribution in [2.24, 2.45) is 0 Å². The Labute approximate surface area is 207 Å². The second kappa shape index (κ2) is 12.0. The van der Waals surface area contributed by atoms with Gasteiger partial charge in [-0.25, -0.2) is 4.79 Å². The highest BCUT2D eigenvalue weighted by Gasteiger charge is 2.26. The summed E-state index contributed by atoms with van der Waals surface area (Å²) in [5.74, 6) is -0.318. The highest BCUT2D eigenvalue weighted by Crippen LogP contribution is 2.33. The van der Waals surface area contributed by atoms with E-state index in [0.717, 1.165) is 44.5 Å². The van der Waals surface area contributed by atoms with Crippen LogP contribution in [0.5, 0.6) is 0 Å². The molecule has 0 radical (unpaired) electrons. The average Bonchev–Trinajstić information content (AvgIpc) is 2.89. The maximum atomic E-state index is 12.2. The van der Waals surface area contributed by atoms with E-state index in [-0.39, 0.29) is 18.2 Å². The molecule has 0 spiro atoms. The van der Waals surface area contributed by atoms with E-state index in [1.54, 1.807) is 12.1 Å². The summed E-state index contributed by atoms with van der Waals surface area (Å²) in [5, 5.41) is 0.579. The largest absolute Gasteiger partial charge is 0.462 e. The number of rotatable bonds is 9. The predicted molar refractivity (Wildman–Crippen MR) is 138 cm³/mol. The van der Waals surface area contributed by atoms with Gasteiger partial charge in [0.15, 0.2) is 0 Å². The van der Waals surface area contributed by atoms with E-state index in [0.29, 0.717) is 17.2 Å². The van der Waals surface area contributed by atoms with E-state index < -0.39 is 0 Å². The second-order valence-electron chi connectivity index (χ2n) is 8.68. The zero-order valence-electron chi connectivity index (χ0n) is 19.7. The van der Waals surface area contributed by atoms with Gasteiger partial charge in [0, 0.05) is 13.1 Å². The Hall–Kier alpha value is -2.82. The lowest BCUT2D eigenvalue weighted by Gasteiger charge is -2.36. The van der Waals surface area contributed by atoms with Gasteiger partial charge in [-0.2, -0.15) is 0 Å². The number of esters is 1. The smallest absolute Gasteiger partial charge is 0.338 e. The number of hydrogen-bond acceptors (Lipinski definition) is 4. The number of benzene rings is 3. The van der Waals surface area contributed by atoms with E-state index in [4.69, 9.17) is 21.1 Å². The molecule has 0 aromatic heterocycles. The van der Waals surface area contributed by atoms with Crippen LogP contribution < -0.4 is 4.90 Å². The van der Waals surface area contributed by atoms with Gasteiger partial charge in [-0.1, -0.05) is 85.6 Å². The summed E-state index contributed by atoms with van der Waals surface area (Å²) in [6.45, 7) is 4.20. The van der Waals surface area contributed by atoms with Crippen LogP contribution in [-0.4, -0.2) is 31.8 Å². The molecule has 0 aliphatic carbocycles. The third-order valence-electron chi connectivity index (χ3n) is 6.23. The van der Waals surface area contributed by atoms with Crippen molar-refractivity contribution in [1.82, 2.24) is 0 Å². The maximum Gasteiger partial charge on any atom is 0.338 e. The van der Waals surface area contributed by atoms with Crippen LogP contribution in [0.3, 0.4) is 0 Å². The summed E-state index contributed by atoms with van der Waals surface area (Å²) in [6, 6.07) is 26.2. The maximum absolute atomic E-state index is 12.2. The molecule has 178 valence electrons. The molecule has 1 fully saturated rings. The Kier molecular flexibility index (Phi) is 8.62. The fourth-order valence-corrected chi connectivity index (χ4v) is 4.61. The Bertz CT molecular complexity index is 1010. The van der Waals surface area contributed by atoms with Crippen molar-refractivity contribution in [3.05, 3.63) is 101 Å². The molecule has 0 bridgehead atoms. The second-order valence-corrected chi connectivity index (χ2v) is 9.09. The summed E-state index contributed by atoms with van der Waals surface area (Å²) < 4.78 is 12.0. The fourth-order valence-electron chi connectivity index (χ4n) is 4.31. The topological polar surface area (TPSA) is 38.8 Å². The molecule has 3 aromatic carbocycles. The lowest BCUT2D eigenvalue weighted by molar-refractivity contribution is -0.00480. The molecule has 0 unspecified atom stereocenters. The van der Waals surface area contributed by atoms with Crippen LogP contribution in [0.1, 0.15) is 60.2 Å². The van der Waals surface area contributed by atoms with E-state index >= 15 is 0 Å². The van der Waals surface area contributed by atoms with E-state index in [9.17, 15) is 4.79 Å². The third kappa shape index (κ3) is 6.19. The van der Waals surface area contributed by atoms with Crippen LogP contribution in [0.25, 0.3) is 0 Å². The number of carbonyl (C=O) groups is 1. The number of hydrogen-bond donors (Lipinski definition) is 0. The fraction of sp³-hybridized carbons (Fsp3) is 0.345. The molecule has 1 aliphatic rings. The van der Waals surface area contributed by atoms with Crippen LogP contribution >= 0.6 is 11.6 Å². The van der Waals surface area contributed by atoms with Crippen LogP contribution in [-0.2, 0) is 9.47 Å². The van der Waals surface area contributed by atoms with Crippen LogP contribution in [0.15, 0.2) is 78.9 Å². The molecule has 4 nitrogen and oxygen atoms in total. The first kappa shape index (κ1) is 24.3. The van der Waals surface area contributed by atoms with Crippen LogP contribution in [0.4, 0.5) is 5.69 Å². The summed E-state index contributed by atoms with van der Waals surface area (Å²) >= 11 is 6.57. The Balaban J connectivity index is 1.38. The average molecular weight is 478 g/mol. The number of anilines is 1. The Morgan fingerprint density at radius 2 is 1.59 bits per heavy atom. The Morgan fingerprint density at radius 1 is 0.971 bits per heavy atom. The molecule has 0 N–H and O–H groups in total. The number of carbonyl (C=O) groups excluding carboxylic acids is 1. The first-order valence-corrected chi connectivity index (χ1v) is 12.5. The van der Waals surface area contributed by atoms with Gasteiger partial charge >= 0.3 is 5.97 Å². The van der Waals surface area contributed by atoms with Crippen molar-refractivity contribution in [1.29, 1.82) is 0 Å². The first-order chi connectivity index (χ1) is 16.7. The van der Waals surface area contributed by atoms with Gasteiger partial charge in [0.25, 0.3) is 0 Å². The number of nitrogens with zero attached hydrogens (tertiary/aromatic N) is 1. The normalized spacial score (nSPS) is 14.4. The molecule has 1 heterocycles. The quantitative estimate of drug-likeness (QED) is 0.244. The van der Waals surface area contributed by atoms with Crippen molar-refractivity contribution in [2.75, 3.05) is 24.6 Å². The van der Waals surface area contributed by atoms with Gasteiger partial charge in [0.05, 0.1) is 29.0 Å². The summed E-state index contributed by atoms with van der Waals surface area (Å²) in [7, 11) is 0. The van der Waals surface area contributed by atoms with Crippen molar-refractivity contribution in [3.63, 3.8) is 0 Å². The van der Waals surface area contributed by atoms with Gasteiger partial charge in [0.2, 0.25) is 0 Å². The highest BCUT2D eigenvalue weighted by atomic mass is 35.5. The van der Waals surface area contributed by atoms with Crippen LogP contribution in [0.2, 0.25) is 5.02 Å². The van der Waals surface area contributed by atoms with Crippen LogP contribution in [0, 0.1) is 0 Å². The highest BCUT2D eigenvalue weighted by molar-refractivity contribution is 6.33. The van der Waals surface area contributed by atoms with Gasteiger partial charge in [-0.3, -0.25) is 0 Å². The zero-order valence-corrected chi connectivity index (χ0v) is 20.4. The minimum Gasteiger partial charge on any atom is -0.462 e. The molecule has 1 saturated heterocycles.